The molecule has 0 spiro atoms. The predicted molar refractivity (Wildman–Crippen MR) is 50.8 cm³/mol. The lowest BCUT2D eigenvalue weighted by Crippen LogP contribution is -2.32. The van der Waals surface area contributed by atoms with Crippen LogP contribution in [0, 0.1) is 0 Å². The minimum absolute atomic E-state index is 0.464. The van der Waals surface area contributed by atoms with Gasteiger partial charge in [0.15, 0.2) is 0 Å². The van der Waals surface area contributed by atoms with Crippen molar-refractivity contribution >= 4 is 5.97 Å². The van der Waals surface area contributed by atoms with Crippen molar-refractivity contribution in [3.63, 3.8) is 0 Å². The topological polar surface area (TPSA) is 49.3 Å². The fraction of sp³-hybridized carbons (Fsp3) is 0.300. The molecule has 0 saturated carbocycles. The molecule has 0 heterocycles. The largest absolute Gasteiger partial charge is 0.480 e. The highest BCUT2D eigenvalue weighted by molar-refractivity contribution is 5.75. The molecule has 0 aromatic heterocycles. The third-order valence-corrected chi connectivity index (χ3v) is 1.86. The Bertz CT molecular complexity index is 316. The highest BCUT2D eigenvalue weighted by atomic mass is 19.3. The van der Waals surface area contributed by atoms with Gasteiger partial charge in [-0.2, -0.15) is 0 Å². The average Bonchev–Trinajstić information content (AvgIpc) is 2.18. The van der Waals surface area contributed by atoms with E-state index in [-0.39, 0.29) is 0 Å². The molecule has 0 aliphatic carbocycles. The Labute approximate surface area is 85.7 Å². The van der Waals surface area contributed by atoms with Gasteiger partial charge in [0, 0.05) is 0 Å². The van der Waals surface area contributed by atoms with Gasteiger partial charge >= 0.3 is 5.97 Å². The highest BCUT2D eigenvalue weighted by Crippen LogP contribution is 2.12. The van der Waals surface area contributed by atoms with E-state index in [1.807, 2.05) is 0 Å². The van der Waals surface area contributed by atoms with Crippen molar-refractivity contribution in [1.82, 2.24) is 5.32 Å². The van der Waals surface area contributed by atoms with Crippen LogP contribution in [0.25, 0.3) is 0 Å². The molecule has 0 amide bonds. The second-order valence-electron chi connectivity index (χ2n) is 2.98. The van der Waals surface area contributed by atoms with Gasteiger partial charge in [0.25, 0.3) is 6.43 Å². The third-order valence-electron chi connectivity index (χ3n) is 1.86. The summed E-state index contributed by atoms with van der Waals surface area (Å²) in [5.74, 6) is -1.16. The smallest absolute Gasteiger partial charge is 0.325 e. The van der Waals surface area contributed by atoms with Gasteiger partial charge < -0.3 is 5.11 Å². The summed E-state index contributed by atoms with van der Waals surface area (Å²) in [6.45, 7) is -0.633. The van der Waals surface area contributed by atoms with E-state index < -0.39 is 25.0 Å². The molecule has 1 rings (SSSR count). The molecular weight excluding hydrogens is 204 g/mol. The Balaban J connectivity index is 2.71. The molecule has 0 aliphatic heterocycles. The van der Waals surface area contributed by atoms with Crippen LogP contribution in [0.2, 0.25) is 0 Å². The zero-order valence-corrected chi connectivity index (χ0v) is 7.86. The molecule has 1 unspecified atom stereocenters. The summed E-state index contributed by atoms with van der Waals surface area (Å²) in [7, 11) is 0. The van der Waals surface area contributed by atoms with E-state index in [0.717, 1.165) is 0 Å². The van der Waals surface area contributed by atoms with E-state index in [0.29, 0.717) is 5.56 Å². The van der Waals surface area contributed by atoms with Crippen LogP contribution in [-0.2, 0) is 4.79 Å². The van der Waals surface area contributed by atoms with Crippen LogP contribution in [0.4, 0.5) is 8.78 Å². The van der Waals surface area contributed by atoms with Crippen LogP contribution >= 0.6 is 0 Å². The van der Waals surface area contributed by atoms with Crippen LogP contribution in [0.5, 0.6) is 0 Å². The van der Waals surface area contributed by atoms with Crippen LogP contribution in [0.15, 0.2) is 30.3 Å². The second kappa shape index (κ2) is 5.41. The zero-order chi connectivity index (χ0) is 11.3. The highest BCUT2D eigenvalue weighted by Gasteiger charge is 2.19. The van der Waals surface area contributed by atoms with Gasteiger partial charge in [-0.1, -0.05) is 30.3 Å². The molecule has 3 nitrogen and oxygen atoms in total. The van der Waals surface area contributed by atoms with Crippen molar-refractivity contribution in [1.29, 1.82) is 0 Å². The van der Waals surface area contributed by atoms with Crippen molar-refractivity contribution in [2.45, 2.75) is 12.5 Å². The van der Waals surface area contributed by atoms with Gasteiger partial charge in [0.05, 0.1) is 6.54 Å². The Morgan fingerprint density at radius 1 is 1.33 bits per heavy atom. The number of rotatable bonds is 5. The van der Waals surface area contributed by atoms with E-state index in [1.165, 1.54) is 0 Å². The van der Waals surface area contributed by atoms with E-state index >= 15 is 0 Å². The summed E-state index contributed by atoms with van der Waals surface area (Å²) < 4.78 is 23.8. The maximum absolute atomic E-state index is 11.9. The number of hydrogen-bond donors (Lipinski definition) is 2. The Kier molecular flexibility index (Phi) is 4.17. The summed E-state index contributed by atoms with van der Waals surface area (Å²) in [5.41, 5.74) is 0.464. The first-order valence-electron chi connectivity index (χ1n) is 4.40. The maximum atomic E-state index is 11.9. The van der Waals surface area contributed by atoms with Crippen LogP contribution < -0.4 is 5.32 Å². The van der Waals surface area contributed by atoms with Crippen molar-refractivity contribution in [3.05, 3.63) is 35.9 Å². The number of benzene rings is 1. The number of hydrogen-bond acceptors (Lipinski definition) is 2. The van der Waals surface area contributed by atoms with Gasteiger partial charge in [-0.15, -0.1) is 0 Å². The van der Waals surface area contributed by atoms with Gasteiger partial charge in [-0.25, -0.2) is 8.78 Å². The Morgan fingerprint density at radius 3 is 2.40 bits per heavy atom. The quantitative estimate of drug-likeness (QED) is 0.785. The van der Waals surface area contributed by atoms with Crippen LogP contribution in [0.3, 0.4) is 0 Å². The molecule has 5 heteroatoms. The third kappa shape index (κ3) is 3.63. The van der Waals surface area contributed by atoms with E-state index in [4.69, 9.17) is 5.11 Å². The van der Waals surface area contributed by atoms with Crippen molar-refractivity contribution in [2.75, 3.05) is 6.54 Å². The summed E-state index contributed by atoms with van der Waals surface area (Å²) in [5, 5.41) is 11.1. The number of halogens is 2. The summed E-state index contributed by atoms with van der Waals surface area (Å²) in [4.78, 5) is 10.8. The summed E-state index contributed by atoms with van der Waals surface area (Å²) in [6, 6.07) is 7.13. The fourth-order valence-corrected chi connectivity index (χ4v) is 1.20. The molecule has 0 bridgehead atoms. The first-order valence-corrected chi connectivity index (χ1v) is 4.40. The first-order chi connectivity index (χ1) is 7.11. The molecule has 0 radical (unpaired) electrons. The number of carboxylic acids is 1. The van der Waals surface area contributed by atoms with E-state index in [9.17, 15) is 13.6 Å². The predicted octanol–water partition coefficient (Wildman–Crippen LogP) is 1.67. The molecule has 0 saturated heterocycles. The molecule has 82 valence electrons. The molecule has 2 N–H and O–H groups in total. The number of aliphatic carboxylic acids is 1. The summed E-state index contributed by atoms with van der Waals surface area (Å²) >= 11 is 0. The minimum atomic E-state index is -2.56. The zero-order valence-electron chi connectivity index (χ0n) is 7.86. The van der Waals surface area contributed by atoms with Crippen molar-refractivity contribution in [2.24, 2.45) is 0 Å². The first kappa shape index (κ1) is 11.6. The van der Waals surface area contributed by atoms with Gasteiger partial charge in [-0.05, 0) is 5.56 Å². The monoisotopic (exact) mass is 215 g/mol. The number of carbonyl (C=O) groups is 1. The molecule has 15 heavy (non-hydrogen) atoms. The minimum Gasteiger partial charge on any atom is -0.480 e. The van der Waals surface area contributed by atoms with Crippen molar-refractivity contribution in [3.8, 4) is 0 Å². The van der Waals surface area contributed by atoms with Gasteiger partial charge in [0.2, 0.25) is 0 Å². The average molecular weight is 215 g/mol. The van der Waals surface area contributed by atoms with Crippen LogP contribution in [-0.4, -0.2) is 24.0 Å². The molecule has 0 fully saturated rings. The number of nitrogens with one attached hydrogen (secondary N) is 1. The Hall–Kier alpha value is -1.49. The van der Waals surface area contributed by atoms with Crippen LogP contribution in [0.1, 0.15) is 11.6 Å². The lowest BCUT2D eigenvalue weighted by atomic mass is 10.1. The molecular formula is C10H11F2NO2. The number of alkyl halides is 2. The fourth-order valence-electron chi connectivity index (χ4n) is 1.20. The van der Waals surface area contributed by atoms with Gasteiger partial charge in [0.1, 0.15) is 6.04 Å². The number of carboxylic acid groups (broad SMARTS) is 1. The molecule has 1 atom stereocenters. The standard InChI is InChI=1S/C10H11F2NO2/c11-8(12)6-13-9(10(14)15)7-4-2-1-3-5-7/h1-5,8-9,13H,6H2,(H,14,15). The van der Waals surface area contributed by atoms with E-state index in [2.05, 4.69) is 5.32 Å². The Morgan fingerprint density at radius 2 is 1.93 bits per heavy atom. The molecule has 1 aromatic rings. The normalized spacial score (nSPS) is 12.7. The van der Waals surface area contributed by atoms with Crippen molar-refractivity contribution < 1.29 is 18.7 Å². The molecule has 1 aromatic carbocycles. The summed E-state index contributed by atoms with van der Waals surface area (Å²) in [6.07, 6.45) is -2.56. The molecule has 0 aliphatic rings. The maximum Gasteiger partial charge on any atom is 0.325 e. The van der Waals surface area contributed by atoms with Gasteiger partial charge in [-0.3, -0.25) is 10.1 Å². The van der Waals surface area contributed by atoms with E-state index in [1.54, 1.807) is 30.3 Å². The second-order valence-corrected chi connectivity index (χ2v) is 2.98. The SMILES string of the molecule is O=C(O)C(NCC(F)F)c1ccccc1. The lowest BCUT2D eigenvalue weighted by molar-refractivity contribution is -0.139. The lowest BCUT2D eigenvalue weighted by Gasteiger charge is -2.14.